The summed E-state index contributed by atoms with van der Waals surface area (Å²) in [5, 5.41) is 1.17. The summed E-state index contributed by atoms with van der Waals surface area (Å²) in [5.41, 5.74) is 3.25. The third kappa shape index (κ3) is 2.88. The molecule has 0 amide bonds. The van der Waals surface area contributed by atoms with E-state index in [2.05, 4.69) is 22.0 Å². The van der Waals surface area contributed by atoms with Gasteiger partial charge in [0.15, 0.2) is 0 Å². The molecule has 0 N–H and O–H groups in total. The molecule has 2 heterocycles. The van der Waals surface area contributed by atoms with Crippen LogP contribution in [-0.4, -0.2) is 38.9 Å². The highest BCUT2D eigenvalue weighted by Crippen LogP contribution is 2.34. The molecule has 0 radical (unpaired) electrons. The minimum absolute atomic E-state index is 0.605. The highest BCUT2D eigenvalue weighted by atomic mass is 16.5. The van der Waals surface area contributed by atoms with Gasteiger partial charge in [-0.25, -0.2) is 4.98 Å². The molecule has 4 nitrogen and oxygen atoms in total. The van der Waals surface area contributed by atoms with Crippen LogP contribution in [0, 0.1) is 12.8 Å². The molecule has 3 rings (SSSR count). The van der Waals surface area contributed by atoms with E-state index in [1.165, 1.54) is 23.9 Å². The van der Waals surface area contributed by atoms with E-state index in [0.29, 0.717) is 5.92 Å². The summed E-state index contributed by atoms with van der Waals surface area (Å²) in [7, 11) is 3.49. The summed E-state index contributed by atoms with van der Waals surface area (Å²) >= 11 is 0. The van der Waals surface area contributed by atoms with Crippen LogP contribution in [0.25, 0.3) is 10.9 Å². The third-order valence-corrected chi connectivity index (χ3v) is 4.39. The predicted octanol–water partition coefficient (Wildman–Crippen LogP) is 3.41. The number of hydrogen-bond donors (Lipinski definition) is 0. The SMILES string of the molecule is COCC1CCCN(c2cc(C)nc3c(OC)cccc23)C1. The van der Waals surface area contributed by atoms with Gasteiger partial charge in [0.2, 0.25) is 0 Å². The van der Waals surface area contributed by atoms with Crippen molar-refractivity contribution in [2.75, 3.05) is 38.8 Å². The van der Waals surface area contributed by atoms with E-state index in [1.54, 1.807) is 14.2 Å². The number of hydrogen-bond acceptors (Lipinski definition) is 4. The summed E-state index contributed by atoms with van der Waals surface area (Å²) in [5.74, 6) is 1.45. The molecule has 1 aromatic carbocycles. The Morgan fingerprint density at radius 1 is 1.32 bits per heavy atom. The molecule has 2 aromatic rings. The van der Waals surface area contributed by atoms with Gasteiger partial charge in [-0.1, -0.05) is 12.1 Å². The Hall–Kier alpha value is -1.81. The Labute approximate surface area is 132 Å². The molecule has 1 aliphatic rings. The zero-order valence-corrected chi connectivity index (χ0v) is 13.6. The number of anilines is 1. The number of benzene rings is 1. The standard InChI is InChI=1S/C18H24N2O2/c1-13-10-16(20-9-5-6-14(11-20)12-21-2)15-7-4-8-17(22-3)18(15)19-13/h4,7-8,10,14H,5-6,9,11-12H2,1-3H3. The summed E-state index contributed by atoms with van der Waals surface area (Å²) < 4.78 is 10.8. The van der Waals surface area contributed by atoms with Crippen molar-refractivity contribution in [1.29, 1.82) is 0 Å². The molecule has 118 valence electrons. The first-order chi connectivity index (χ1) is 10.7. The van der Waals surface area contributed by atoms with Gasteiger partial charge in [0.1, 0.15) is 11.3 Å². The predicted molar refractivity (Wildman–Crippen MR) is 89.8 cm³/mol. The topological polar surface area (TPSA) is 34.6 Å². The number of piperidine rings is 1. The van der Waals surface area contributed by atoms with Crippen molar-refractivity contribution in [3.8, 4) is 5.75 Å². The maximum Gasteiger partial charge on any atom is 0.145 e. The van der Waals surface area contributed by atoms with Crippen molar-refractivity contribution < 1.29 is 9.47 Å². The Morgan fingerprint density at radius 2 is 2.18 bits per heavy atom. The van der Waals surface area contributed by atoms with E-state index in [4.69, 9.17) is 9.47 Å². The number of nitrogens with zero attached hydrogens (tertiary/aromatic N) is 2. The van der Waals surface area contributed by atoms with Crippen LogP contribution in [0.3, 0.4) is 0 Å². The molecule has 0 aliphatic carbocycles. The third-order valence-electron chi connectivity index (χ3n) is 4.39. The van der Waals surface area contributed by atoms with Crippen LogP contribution in [0.1, 0.15) is 18.5 Å². The second-order valence-electron chi connectivity index (χ2n) is 6.05. The minimum Gasteiger partial charge on any atom is -0.494 e. The Bertz CT molecular complexity index is 655. The highest BCUT2D eigenvalue weighted by molar-refractivity contribution is 5.95. The lowest BCUT2D eigenvalue weighted by molar-refractivity contribution is 0.143. The molecule has 1 fully saturated rings. The van der Waals surface area contributed by atoms with Crippen LogP contribution in [0.15, 0.2) is 24.3 Å². The molecule has 1 unspecified atom stereocenters. The Balaban J connectivity index is 2.02. The largest absolute Gasteiger partial charge is 0.494 e. The lowest BCUT2D eigenvalue weighted by Crippen LogP contribution is -2.37. The van der Waals surface area contributed by atoms with Crippen molar-refractivity contribution in [1.82, 2.24) is 4.98 Å². The van der Waals surface area contributed by atoms with Gasteiger partial charge in [0.05, 0.1) is 13.7 Å². The monoisotopic (exact) mass is 300 g/mol. The summed E-state index contributed by atoms with van der Waals surface area (Å²) in [4.78, 5) is 7.16. The fourth-order valence-corrected chi connectivity index (χ4v) is 3.41. The van der Waals surface area contributed by atoms with Gasteiger partial charge in [0, 0.05) is 37.0 Å². The van der Waals surface area contributed by atoms with E-state index in [1.807, 2.05) is 19.1 Å². The molecule has 0 spiro atoms. The van der Waals surface area contributed by atoms with Crippen LogP contribution in [-0.2, 0) is 4.74 Å². The highest BCUT2D eigenvalue weighted by Gasteiger charge is 2.22. The minimum atomic E-state index is 0.605. The Kier molecular flexibility index (Phi) is 4.48. The van der Waals surface area contributed by atoms with E-state index in [-0.39, 0.29) is 0 Å². The normalized spacial score (nSPS) is 18.7. The van der Waals surface area contributed by atoms with E-state index >= 15 is 0 Å². The van der Waals surface area contributed by atoms with Gasteiger partial charge in [-0.2, -0.15) is 0 Å². The number of para-hydroxylation sites is 1. The van der Waals surface area contributed by atoms with Crippen LogP contribution < -0.4 is 9.64 Å². The number of pyridine rings is 1. The summed E-state index contributed by atoms with van der Waals surface area (Å²) in [6.45, 7) is 5.02. The first-order valence-corrected chi connectivity index (χ1v) is 7.91. The van der Waals surface area contributed by atoms with Crippen LogP contribution in [0.4, 0.5) is 5.69 Å². The number of rotatable bonds is 4. The first-order valence-electron chi connectivity index (χ1n) is 7.91. The Morgan fingerprint density at radius 3 is 2.95 bits per heavy atom. The van der Waals surface area contributed by atoms with Gasteiger partial charge in [-0.05, 0) is 37.8 Å². The average molecular weight is 300 g/mol. The number of aryl methyl sites for hydroxylation is 1. The van der Waals surface area contributed by atoms with Crippen molar-refractivity contribution in [3.63, 3.8) is 0 Å². The smallest absolute Gasteiger partial charge is 0.145 e. The molecule has 1 saturated heterocycles. The number of aromatic nitrogens is 1. The second-order valence-corrected chi connectivity index (χ2v) is 6.05. The van der Waals surface area contributed by atoms with E-state index < -0.39 is 0 Å². The summed E-state index contributed by atoms with van der Waals surface area (Å²) in [6.07, 6.45) is 2.45. The maximum atomic E-state index is 5.48. The second kappa shape index (κ2) is 6.53. The van der Waals surface area contributed by atoms with Crippen molar-refractivity contribution in [2.45, 2.75) is 19.8 Å². The summed E-state index contributed by atoms with van der Waals surface area (Å²) in [6, 6.07) is 8.34. The lowest BCUT2D eigenvalue weighted by Gasteiger charge is -2.35. The first kappa shape index (κ1) is 15.1. The number of fused-ring (bicyclic) bond motifs is 1. The van der Waals surface area contributed by atoms with Gasteiger partial charge in [-0.15, -0.1) is 0 Å². The molecule has 1 atom stereocenters. The van der Waals surface area contributed by atoms with Crippen LogP contribution in [0.5, 0.6) is 5.75 Å². The molecule has 0 bridgehead atoms. The maximum absolute atomic E-state index is 5.48. The molecule has 4 heteroatoms. The molecule has 0 saturated carbocycles. The van der Waals surface area contributed by atoms with Crippen molar-refractivity contribution in [3.05, 3.63) is 30.0 Å². The zero-order chi connectivity index (χ0) is 15.5. The molecular formula is C18H24N2O2. The average Bonchev–Trinajstić information content (AvgIpc) is 2.54. The van der Waals surface area contributed by atoms with E-state index in [9.17, 15) is 0 Å². The fraction of sp³-hybridized carbons (Fsp3) is 0.500. The fourth-order valence-electron chi connectivity index (χ4n) is 3.41. The van der Waals surface area contributed by atoms with E-state index in [0.717, 1.165) is 36.7 Å². The molecule has 1 aliphatic heterocycles. The van der Waals surface area contributed by atoms with Crippen LogP contribution >= 0.6 is 0 Å². The molecule has 1 aromatic heterocycles. The van der Waals surface area contributed by atoms with Gasteiger partial charge in [0.25, 0.3) is 0 Å². The molecule has 22 heavy (non-hydrogen) atoms. The van der Waals surface area contributed by atoms with Crippen molar-refractivity contribution >= 4 is 16.6 Å². The van der Waals surface area contributed by atoms with Crippen LogP contribution in [0.2, 0.25) is 0 Å². The van der Waals surface area contributed by atoms with Gasteiger partial charge >= 0.3 is 0 Å². The van der Waals surface area contributed by atoms with Gasteiger partial charge < -0.3 is 14.4 Å². The van der Waals surface area contributed by atoms with Crippen molar-refractivity contribution in [2.24, 2.45) is 5.92 Å². The number of methoxy groups -OCH3 is 2. The van der Waals surface area contributed by atoms with Gasteiger partial charge in [-0.3, -0.25) is 0 Å². The molecular weight excluding hydrogens is 276 g/mol. The lowest BCUT2D eigenvalue weighted by atomic mass is 9.97. The zero-order valence-electron chi connectivity index (χ0n) is 13.6. The quantitative estimate of drug-likeness (QED) is 0.866. The number of ether oxygens (including phenoxy) is 2.